The molecule has 0 aromatic carbocycles. The summed E-state index contributed by atoms with van der Waals surface area (Å²) in [6, 6.07) is -3.37. The number of nitrogens with two attached hydrogens (primary N) is 1. The van der Waals surface area contributed by atoms with Gasteiger partial charge in [0.1, 0.15) is 18.1 Å². The standard InChI is InChI=1S/C18H32N4O7/c1-9(2)7-12(16(26)20-11(18(28)29)5-6-14(24)25)21-17(27)15(10(3)4)22-13(23)8-19/h9-12,15H,5-8,19H2,1-4H3,(H,20,26)(H,21,27)(H,22,23)(H,24,25)(H,28,29). The maximum Gasteiger partial charge on any atom is 0.326 e. The third-order valence-electron chi connectivity index (χ3n) is 4.05. The highest BCUT2D eigenvalue weighted by Gasteiger charge is 2.31. The third kappa shape index (κ3) is 10.4. The summed E-state index contributed by atoms with van der Waals surface area (Å²) >= 11 is 0. The molecule has 0 aromatic heterocycles. The van der Waals surface area contributed by atoms with Crippen molar-refractivity contribution < 1.29 is 34.2 Å². The van der Waals surface area contributed by atoms with Crippen molar-refractivity contribution in [1.29, 1.82) is 0 Å². The molecule has 3 unspecified atom stereocenters. The monoisotopic (exact) mass is 416 g/mol. The first-order valence-electron chi connectivity index (χ1n) is 9.43. The van der Waals surface area contributed by atoms with E-state index in [1.807, 2.05) is 13.8 Å². The van der Waals surface area contributed by atoms with Gasteiger partial charge in [0.25, 0.3) is 0 Å². The number of hydrogen-bond acceptors (Lipinski definition) is 6. The van der Waals surface area contributed by atoms with Gasteiger partial charge in [-0.1, -0.05) is 27.7 Å². The molecule has 0 heterocycles. The molecular formula is C18H32N4O7. The molecule has 0 fully saturated rings. The molecule has 7 N–H and O–H groups in total. The minimum atomic E-state index is -1.40. The topological polar surface area (TPSA) is 188 Å². The van der Waals surface area contributed by atoms with Crippen LogP contribution in [0.2, 0.25) is 0 Å². The van der Waals surface area contributed by atoms with E-state index in [1.165, 1.54) is 0 Å². The van der Waals surface area contributed by atoms with Gasteiger partial charge in [0, 0.05) is 6.42 Å². The highest BCUT2D eigenvalue weighted by atomic mass is 16.4. The van der Waals surface area contributed by atoms with E-state index in [0.717, 1.165) is 0 Å². The van der Waals surface area contributed by atoms with Crippen LogP contribution in [0.1, 0.15) is 47.0 Å². The van der Waals surface area contributed by atoms with E-state index in [-0.39, 0.29) is 31.2 Å². The van der Waals surface area contributed by atoms with Gasteiger partial charge >= 0.3 is 11.9 Å². The van der Waals surface area contributed by atoms with Crippen LogP contribution >= 0.6 is 0 Å². The molecular weight excluding hydrogens is 384 g/mol. The van der Waals surface area contributed by atoms with Crippen molar-refractivity contribution in [1.82, 2.24) is 16.0 Å². The average Bonchev–Trinajstić information content (AvgIpc) is 2.60. The van der Waals surface area contributed by atoms with E-state index < -0.39 is 54.2 Å². The second-order valence-electron chi connectivity index (χ2n) is 7.52. The van der Waals surface area contributed by atoms with Crippen molar-refractivity contribution in [2.75, 3.05) is 6.54 Å². The smallest absolute Gasteiger partial charge is 0.326 e. The highest BCUT2D eigenvalue weighted by molar-refractivity contribution is 5.93. The van der Waals surface area contributed by atoms with Gasteiger partial charge in [-0.2, -0.15) is 0 Å². The number of carboxylic acid groups (broad SMARTS) is 2. The van der Waals surface area contributed by atoms with Crippen LogP contribution in [0, 0.1) is 11.8 Å². The normalized spacial score (nSPS) is 14.0. The van der Waals surface area contributed by atoms with Gasteiger partial charge in [-0.05, 0) is 24.7 Å². The van der Waals surface area contributed by atoms with Gasteiger partial charge in [-0.25, -0.2) is 4.79 Å². The zero-order chi connectivity index (χ0) is 22.7. The van der Waals surface area contributed by atoms with Crippen molar-refractivity contribution in [2.45, 2.75) is 65.1 Å². The minimum Gasteiger partial charge on any atom is -0.481 e. The van der Waals surface area contributed by atoms with E-state index in [2.05, 4.69) is 16.0 Å². The van der Waals surface area contributed by atoms with Crippen LogP contribution in [-0.2, 0) is 24.0 Å². The molecule has 0 saturated heterocycles. The molecule has 3 amide bonds. The minimum absolute atomic E-state index is 0.00974. The Kier molecular flexibility index (Phi) is 11.5. The van der Waals surface area contributed by atoms with Gasteiger partial charge < -0.3 is 31.9 Å². The Morgan fingerprint density at radius 1 is 0.862 bits per heavy atom. The summed E-state index contributed by atoms with van der Waals surface area (Å²) in [4.78, 5) is 58.8. The van der Waals surface area contributed by atoms with E-state index in [1.54, 1.807) is 13.8 Å². The maximum absolute atomic E-state index is 12.6. The second-order valence-corrected chi connectivity index (χ2v) is 7.52. The number of rotatable bonds is 13. The molecule has 11 heteroatoms. The molecule has 0 radical (unpaired) electrons. The van der Waals surface area contributed by atoms with Crippen LogP contribution in [0.25, 0.3) is 0 Å². The van der Waals surface area contributed by atoms with E-state index >= 15 is 0 Å². The Bertz CT molecular complexity index is 607. The highest BCUT2D eigenvalue weighted by Crippen LogP contribution is 2.09. The SMILES string of the molecule is CC(C)CC(NC(=O)C(NC(=O)CN)C(C)C)C(=O)NC(CCC(=O)O)C(=O)O. The number of carbonyl (C=O) groups is 5. The Labute approximate surface area is 169 Å². The number of aliphatic carboxylic acids is 2. The summed E-state index contributed by atoms with van der Waals surface area (Å²) in [7, 11) is 0. The molecule has 0 rings (SSSR count). The molecule has 0 aliphatic heterocycles. The Morgan fingerprint density at radius 2 is 1.41 bits per heavy atom. The summed E-state index contributed by atoms with van der Waals surface area (Å²) in [6.45, 7) is 6.77. The first-order chi connectivity index (χ1) is 13.4. The van der Waals surface area contributed by atoms with Crippen LogP contribution in [0.3, 0.4) is 0 Å². The third-order valence-corrected chi connectivity index (χ3v) is 4.05. The fraction of sp³-hybridized carbons (Fsp3) is 0.722. The van der Waals surface area contributed by atoms with Crippen LogP contribution in [0.4, 0.5) is 0 Å². The molecule has 0 aliphatic carbocycles. The lowest BCUT2D eigenvalue weighted by Gasteiger charge is -2.26. The van der Waals surface area contributed by atoms with Crippen molar-refractivity contribution >= 4 is 29.7 Å². The van der Waals surface area contributed by atoms with E-state index in [0.29, 0.717) is 0 Å². The fourth-order valence-corrected chi connectivity index (χ4v) is 2.53. The zero-order valence-electron chi connectivity index (χ0n) is 17.2. The fourth-order valence-electron chi connectivity index (χ4n) is 2.53. The molecule has 0 aliphatic rings. The summed E-state index contributed by atoms with van der Waals surface area (Å²) < 4.78 is 0. The number of hydrogen-bond donors (Lipinski definition) is 6. The predicted molar refractivity (Wildman–Crippen MR) is 104 cm³/mol. The quantitative estimate of drug-likeness (QED) is 0.221. The Balaban J connectivity index is 5.32. The molecule has 11 nitrogen and oxygen atoms in total. The number of carboxylic acids is 2. The lowest BCUT2D eigenvalue weighted by molar-refractivity contribution is -0.143. The molecule has 3 atom stereocenters. The Morgan fingerprint density at radius 3 is 1.83 bits per heavy atom. The number of nitrogens with one attached hydrogen (secondary N) is 3. The van der Waals surface area contributed by atoms with Gasteiger partial charge in [0.2, 0.25) is 17.7 Å². The number of amides is 3. The van der Waals surface area contributed by atoms with Crippen LogP contribution in [0.5, 0.6) is 0 Å². The summed E-state index contributed by atoms with van der Waals surface area (Å²) in [5, 5.41) is 25.3. The van der Waals surface area contributed by atoms with Crippen molar-refractivity contribution in [3.63, 3.8) is 0 Å². The van der Waals surface area contributed by atoms with Gasteiger partial charge in [-0.15, -0.1) is 0 Å². The van der Waals surface area contributed by atoms with Crippen LogP contribution < -0.4 is 21.7 Å². The lowest BCUT2D eigenvalue weighted by atomic mass is 9.99. The number of carbonyl (C=O) groups excluding carboxylic acids is 3. The summed E-state index contributed by atoms with van der Waals surface area (Å²) in [5.41, 5.74) is 5.26. The van der Waals surface area contributed by atoms with E-state index in [4.69, 9.17) is 10.8 Å². The second kappa shape index (κ2) is 12.7. The maximum atomic E-state index is 12.6. The van der Waals surface area contributed by atoms with Gasteiger partial charge in [0.15, 0.2) is 0 Å². The van der Waals surface area contributed by atoms with Crippen LogP contribution in [0.15, 0.2) is 0 Å². The molecule has 0 aromatic rings. The predicted octanol–water partition coefficient (Wildman–Crippen LogP) is -0.949. The zero-order valence-corrected chi connectivity index (χ0v) is 17.2. The van der Waals surface area contributed by atoms with Gasteiger partial charge in [0.05, 0.1) is 6.54 Å². The molecule has 0 saturated carbocycles. The van der Waals surface area contributed by atoms with Crippen molar-refractivity contribution in [3.05, 3.63) is 0 Å². The van der Waals surface area contributed by atoms with Crippen molar-refractivity contribution in [3.8, 4) is 0 Å². The molecule has 0 bridgehead atoms. The average molecular weight is 416 g/mol. The largest absolute Gasteiger partial charge is 0.481 e. The van der Waals surface area contributed by atoms with Gasteiger partial charge in [-0.3, -0.25) is 19.2 Å². The Hall–Kier alpha value is -2.69. The summed E-state index contributed by atoms with van der Waals surface area (Å²) in [6.07, 6.45) is -0.503. The first-order valence-corrected chi connectivity index (χ1v) is 9.43. The molecule has 0 spiro atoms. The summed E-state index contributed by atoms with van der Waals surface area (Å²) in [5.74, 6) is -4.71. The lowest BCUT2D eigenvalue weighted by Crippen LogP contribution is -2.57. The first kappa shape index (κ1) is 26.3. The molecule has 166 valence electrons. The van der Waals surface area contributed by atoms with Crippen molar-refractivity contribution in [2.24, 2.45) is 17.6 Å². The van der Waals surface area contributed by atoms with Crippen LogP contribution in [-0.4, -0.2) is 64.5 Å². The molecule has 29 heavy (non-hydrogen) atoms. The van der Waals surface area contributed by atoms with E-state index in [9.17, 15) is 29.1 Å².